The Morgan fingerprint density at radius 3 is 2.61 bits per heavy atom. The summed E-state index contributed by atoms with van der Waals surface area (Å²) in [5.41, 5.74) is 1.28. The SMILES string of the molecule is CC(=O)N1CCC(S(=O)(=O)N(Cc2cn3ccc(-c4nnc(C(F)F)o4)cc3n2)c2cccc(F)c2)CC1. The van der Waals surface area contributed by atoms with Crippen LogP contribution < -0.4 is 4.31 Å². The molecular weight excluding hydrogens is 525 g/mol. The van der Waals surface area contributed by atoms with E-state index in [-0.39, 0.29) is 36.9 Å². The van der Waals surface area contributed by atoms with Gasteiger partial charge in [-0.2, -0.15) is 8.78 Å². The van der Waals surface area contributed by atoms with Crippen LogP contribution in [0.25, 0.3) is 17.1 Å². The lowest BCUT2D eigenvalue weighted by atomic mass is 10.1. The molecule has 4 aromatic rings. The van der Waals surface area contributed by atoms with Crippen LogP contribution in [0.15, 0.2) is 53.2 Å². The van der Waals surface area contributed by atoms with Gasteiger partial charge in [0.25, 0.3) is 5.89 Å². The van der Waals surface area contributed by atoms with Gasteiger partial charge >= 0.3 is 6.43 Å². The lowest BCUT2D eigenvalue weighted by Gasteiger charge is -2.34. The molecule has 1 aliphatic rings. The third-order valence-corrected chi connectivity index (χ3v) is 8.67. The molecule has 1 aliphatic heterocycles. The minimum Gasteiger partial charge on any atom is -0.415 e. The van der Waals surface area contributed by atoms with Crippen molar-refractivity contribution in [2.24, 2.45) is 0 Å². The second-order valence-electron chi connectivity index (χ2n) is 8.90. The van der Waals surface area contributed by atoms with E-state index in [1.54, 1.807) is 33.8 Å². The molecule has 4 heterocycles. The molecule has 0 atom stereocenters. The fourth-order valence-electron chi connectivity index (χ4n) is 4.44. The molecule has 0 radical (unpaired) electrons. The zero-order valence-electron chi connectivity index (χ0n) is 20.2. The van der Waals surface area contributed by atoms with Crippen LogP contribution in [0.4, 0.5) is 18.9 Å². The number of likely N-dealkylation sites (tertiary alicyclic amines) is 1. The molecule has 0 N–H and O–H groups in total. The first kappa shape index (κ1) is 25.7. The molecule has 0 saturated carbocycles. The first-order chi connectivity index (χ1) is 18.1. The smallest absolute Gasteiger partial charge is 0.314 e. The number of aromatic nitrogens is 4. The number of benzene rings is 1. The van der Waals surface area contributed by atoms with E-state index in [2.05, 4.69) is 15.2 Å². The standard InChI is InChI=1S/C24H23F3N6O4S/c1-15(34)31-9-6-20(7-10-31)38(35,36)33(19-4-2-3-17(25)12-19)14-18-13-32-8-5-16(11-21(32)28-18)23-29-30-24(37-23)22(26)27/h2-5,8,11-13,20,22H,6-7,9-10,14H2,1H3. The molecule has 38 heavy (non-hydrogen) atoms. The van der Waals surface area contributed by atoms with Gasteiger partial charge in [0.2, 0.25) is 21.8 Å². The summed E-state index contributed by atoms with van der Waals surface area (Å²) in [4.78, 5) is 17.8. The number of sulfonamides is 1. The van der Waals surface area contributed by atoms with Crippen LogP contribution >= 0.6 is 0 Å². The van der Waals surface area contributed by atoms with Crippen LogP contribution in [0.3, 0.4) is 0 Å². The average Bonchev–Trinajstić information content (AvgIpc) is 3.54. The van der Waals surface area contributed by atoms with Crippen LogP contribution in [0.2, 0.25) is 0 Å². The van der Waals surface area contributed by atoms with Gasteiger partial charge in [-0.1, -0.05) is 6.07 Å². The number of fused-ring (bicyclic) bond motifs is 1. The van der Waals surface area contributed by atoms with Crippen LogP contribution in [0, 0.1) is 5.82 Å². The predicted molar refractivity (Wildman–Crippen MR) is 130 cm³/mol. The largest absolute Gasteiger partial charge is 0.415 e. The number of piperidine rings is 1. The number of anilines is 1. The number of alkyl halides is 2. The van der Waals surface area contributed by atoms with Gasteiger partial charge < -0.3 is 13.7 Å². The highest BCUT2D eigenvalue weighted by Gasteiger charge is 2.36. The summed E-state index contributed by atoms with van der Waals surface area (Å²) < 4.78 is 75.0. The fraction of sp³-hybridized carbons (Fsp3) is 0.333. The van der Waals surface area contributed by atoms with E-state index < -0.39 is 33.4 Å². The van der Waals surface area contributed by atoms with Crippen molar-refractivity contribution in [2.45, 2.75) is 38.0 Å². The molecule has 3 aromatic heterocycles. The quantitative estimate of drug-likeness (QED) is 0.345. The average molecular weight is 549 g/mol. The molecule has 5 rings (SSSR count). The van der Waals surface area contributed by atoms with Crippen molar-refractivity contribution in [1.82, 2.24) is 24.5 Å². The Labute approximate surface area is 215 Å². The summed E-state index contributed by atoms with van der Waals surface area (Å²) >= 11 is 0. The Morgan fingerprint density at radius 1 is 1.18 bits per heavy atom. The second-order valence-corrected chi connectivity index (χ2v) is 11.0. The van der Waals surface area contributed by atoms with Crippen molar-refractivity contribution in [3.63, 3.8) is 0 Å². The highest BCUT2D eigenvalue weighted by atomic mass is 32.2. The van der Waals surface area contributed by atoms with Crippen molar-refractivity contribution in [1.29, 1.82) is 0 Å². The molecule has 10 nitrogen and oxygen atoms in total. The minimum absolute atomic E-state index is 0.104. The number of carbonyl (C=O) groups excluding carboxylic acids is 1. The molecule has 200 valence electrons. The topological polar surface area (TPSA) is 114 Å². The molecule has 0 unspecified atom stereocenters. The zero-order valence-corrected chi connectivity index (χ0v) is 21.0. The number of pyridine rings is 1. The number of rotatable bonds is 7. The third kappa shape index (κ3) is 5.08. The molecule has 1 aromatic carbocycles. The van der Waals surface area contributed by atoms with Crippen molar-refractivity contribution < 1.29 is 30.8 Å². The van der Waals surface area contributed by atoms with Crippen molar-refractivity contribution in [3.05, 3.63) is 66.2 Å². The van der Waals surface area contributed by atoms with Gasteiger partial charge in [-0.05, 0) is 43.2 Å². The molecule has 14 heteroatoms. The summed E-state index contributed by atoms with van der Waals surface area (Å²) in [6, 6.07) is 8.43. The molecule has 0 spiro atoms. The van der Waals surface area contributed by atoms with Gasteiger partial charge in [0.05, 0.1) is 23.2 Å². The van der Waals surface area contributed by atoms with Crippen molar-refractivity contribution in [3.8, 4) is 11.5 Å². The van der Waals surface area contributed by atoms with E-state index >= 15 is 0 Å². The maximum absolute atomic E-state index is 14.1. The highest BCUT2D eigenvalue weighted by Crippen LogP contribution is 2.29. The Hall–Kier alpha value is -3.94. The van der Waals surface area contributed by atoms with Gasteiger partial charge in [0.15, 0.2) is 0 Å². The Bertz CT molecular complexity index is 1580. The van der Waals surface area contributed by atoms with E-state index in [0.29, 0.717) is 30.0 Å². The van der Waals surface area contributed by atoms with Gasteiger partial charge in [0.1, 0.15) is 11.5 Å². The van der Waals surface area contributed by atoms with Crippen molar-refractivity contribution in [2.75, 3.05) is 17.4 Å². The maximum atomic E-state index is 14.1. The summed E-state index contributed by atoms with van der Waals surface area (Å²) in [6.07, 6.45) is 0.840. The number of amides is 1. The van der Waals surface area contributed by atoms with Crippen molar-refractivity contribution >= 4 is 27.3 Å². The monoisotopic (exact) mass is 548 g/mol. The predicted octanol–water partition coefficient (Wildman–Crippen LogP) is 3.81. The van der Waals surface area contributed by atoms with Crippen LogP contribution in [-0.4, -0.2) is 57.1 Å². The Kier molecular flexibility index (Phi) is 6.82. The molecule has 1 amide bonds. The number of carbonyl (C=O) groups is 1. The number of imidazole rings is 1. The maximum Gasteiger partial charge on any atom is 0.314 e. The molecule has 0 bridgehead atoms. The van der Waals surface area contributed by atoms with E-state index in [1.165, 1.54) is 25.1 Å². The van der Waals surface area contributed by atoms with Gasteiger partial charge in [0, 0.05) is 38.0 Å². The van der Waals surface area contributed by atoms with E-state index in [9.17, 15) is 26.4 Å². The highest BCUT2D eigenvalue weighted by molar-refractivity contribution is 7.93. The first-order valence-electron chi connectivity index (χ1n) is 11.7. The number of hydrogen-bond acceptors (Lipinski definition) is 7. The Balaban J connectivity index is 1.45. The lowest BCUT2D eigenvalue weighted by Crippen LogP contribution is -2.46. The summed E-state index contributed by atoms with van der Waals surface area (Å²) in [5.74, 6) is -1.60. The molecule has 0 aliphatic carbocycles. The van der Waals surface area contributed by atoms with Gasteiger partial charge in [-0.3, -0.25) is 9.10 Å². The van der Waals surface area contributed by atoms with E-state index in [0.717, 1.165) is 10.4 Å². The summed E-state index contributed by atoms with van der Waals surface area (Å²) in [7, 11) is -3.96. The normalized spacial score (nSPS) is 14.9. The molecular formula is C24H23F3N6O4S. The van der Waals surface area contributed by atoms with Gasteiger partial charge in [-0.15, -0.1) is 10.2 Å². The Morgan fingerprint density at radius 2 is 1.95 bits per heavy atom. The zero-order chi connectivity index (χ0) is 27.0. The molecule has 1 fully saturated rings. The molecule has 1 saturated heterocycles. The number of nitrogens with zero attached hydrogens (tertiary/aromatic N) is 6. The second kappa shape index (κ2) is 10.1. The van der Waals surface area contributed by atoms with Gasteiger partial charge in [-0.25, -0.2) is 17.8 Å². The van der Waals surface area contributed by atoms with E-state index in [1.807, 2.05) is 0 Å². The fourth-order valence-corrected chi connectivity index (χ4v) is 6.32. The van der Waals surface area contributed by atoms with Crippen LogP contribution in [0.1, 0.15) is 37.8 Å². The van der Waals surface area contributed by atoms with Crippen LogP contribution in [-0.2, 0) is 21.4 Å². The summed E-state index contributed by atoms with van der Waals surface area (Å²) in [5, 5.41) is 6.20. The lowest BCUT2D eigenvalue weighted by molar-refractivity contribution is -0.129. The number of halogens is 3. The minimum atomic E-state index is -3.96. The van der Waals surface area contributed by atoms with Crippen LogP contribution in [0.5, 0.6) is 0 Å². The third-order valence-electron chi connectivity index (χ3n) is 6.40. The first-order valence-corrected chi connectivity index (χ1v) is 13.2. The van der Waals surface area contributed by atoms with E-state index in [4.69, 9.17) is 4.42 Å². The number of hydrogen-bond donors (Lipinski definition) is 0. The summed E-state index contributed by atoms with van der Waals surface area (Å²) in [6.45, 7) is 1.90.